The number of alkyl halides is 1. The molecule has 3 unspecified atom stereocenters. The molecular formula is C32H57FO2. The molecule has 0 bridgehead atoms. The molecule has 3 heteroatoms. The molecule has 0 aromatic heterocycles. The average Bonchev–Trinajstić information content (AvgIpc) is 2.88. The molecule has 204 valence electrons. The van der Waals surface area contributed by atoms with E-state index in [2.05, 4.69) is 13.8 Å². The standard InChI is InChI=1S/C32H57FO2/c1-3-5-7-8-9-11-12-25-14-17-27(18-15-25)28-19-21-29(22-20-28)32(34)35-31-23-16-26(24-30(31)33)13-10-6-4-2/h25-31H,3-24H2,1-2H3. The Morgan fingerprint density at radius 3 is 1.83 bits per heavy atom. The molecule has 0 aromatic rings. The van der Waals surface area contributed by atoms with Gasteiger partial charge in [-0.05, 0) is 81.5 Å². The Labute approximate surface area is 216 Å². The predicted molar refractivity (Wildman–Crippen MR) is 145 cm³/mol. The van der Waals surface area contributed by atoms with Crippen LogP contribution in [-0.4, -0.2) is 18.2 Å². The maximum atomic E-state index is 14.7. The molecule has 2 nitrogen and oxygen atoms in total. The fraction of sp³-hybridized carbons (Fsp3) is 0.969. The lowest BCUT2D eigenvalue weighted by molar-refractivity contribution is -0.162. The molecule has 3 saturated carbocycles. The van der Waals surface area contributed by atoms with Crippen molar-refractivity contribution >= 4 is 5.97 Å². The zero-order chi connectivity index (χ0) is 24.9. The lowest BCUT2D eigenvalue weighted by atomic mass is 9.68. The van der Waals surface area contributed by atoms with Crippen molar-refractivity contribution in [1.82, 2.24) is 0 Å². The van der Waals surface area contributed by atoms with Gasteiger partial charge in [0.25, 0.3) is 0 Å². The van der Waals surface area contributed by atoms with Crippen molar-refractivity contribution in [2.75, 3.05) is 0 Å². The average molecular weight is 493 g/mol. The number of carbonyl (C=O) groups excluding carboxylic acids is 1. The number of carbonyl (C=O) groups is 1. The van der Waals surface area contributed by atoms with E-state index in [-0.39, 0.29) is 11.9 Å². The highest BCUT2D eigenvalue weighted by Crippen LogP contribution is 2.43. The van der Waals surface area contributed by atoms with Gasteiger partial charge >= 0.3 is 5.97 Å². The summed E-state index contributed by atoms with van der Waals surface area (Å²) in [7, 11) is 0. The van der Waals surface area contributed by atoms with Crippen LogP contribution in [0, 0.1) is 29.6 Å². The van der Waals surface area contributed by atoms with E-state index in [1.807, 2.05) is 0 Å². The van der Waals surface area contributed by atoms with Crippen LogP contribution in [0.1, 0.15) is 155 Å². The van der Waals surface area contributed by atoms with Gasteiger partial charge in [-0.1, -0.05) is 97.3 Å². The second kappa shape index (κ2) is 16.3. The zero-order valence-electron chi connectivity index (χ0n) is 23.3. The summed E-state index contributed by atoms with van der Waals surface area (Å²) in [6, 6.07) is 0. The van der Waals surface area contributed by atoms with Crippen LogP contribution in [-0.2, 0) is 9.53 Å². The van der Waals surface area contributed by atoms with Crippen LogP contribution in [0.3, 0.4) is 0 Å². The molecule has 0 heterocycles. The third kappa shape index (κ3) is 9.99. The monoisotopic (exact) mass is 492 g/mol. The Balaban J connectivity index is 1.27. The van der Waals surface area contributed by atoms with Crippen LogP contribution in [0.25, 0.3) is 0 Å². The van der Waals surface area contributed by atoms with E-state index in [1.165, 1.54) is 103 Å². The number of hydrogen-bond acceptors (Lipinski definition) is 2. The first-order chi connectivity index (χ1) is 17.1. The molecule has 0 aromatic carbocycles. The van der Waals surface area contributed by atoms with Gasteiger partial charge < -0.3 is 4.74 Å². The van der Waals surface area contributed by atoms with Crippen LogP contribution < -0.4 is 0 Å². The molecule has 0 radical (unpaired) electrons. The molecule has 3 aliphatic rings. The number of esters is 1. The van der Waals surface area contributed by atoms with Gasteiger partial charge in [0.2, 0.25) is 0 Å². The van der Waals surface area contributed by atoms with E-state index in [9.17, 15) is 9.18 Å². The van der Waals surface area contributed by atoms with Gasteiger partial charge in [-0.15, -0.1) is 0 Å². The second-order valence-electron chi connectivity index (χ2n) is 12.6. The number of ether oxygens (including phenoxy) is 1. The molecule has 3 fully saturated rings. The minimum Gasteiger partial charge on any atom is -0.459 e. The van der Waals surface area contributed by atoms with Crippen molar-refractivity contribution < 1.29 is 13.9 Å². The molecule has 0 amide bonds. The Bertz CT molecular complexity index is 562. The van der Waals surface area contributed by atoms with Crippen molar-refractivity contribution in [3.8, 4) is 0 Å². The fourth-order valence-electron chi connectivity index (χ4n) is 7.48. The third-order valence-corrected chi connectivity index (χ3v) is 9.93. The highest BCUT2D eigenvalue weighted by molar-refractivity contribution is 5.72. The summed E-state index contributed by atoms with van der Waals surface area (Å²) < 4.78 is 20.5. The van der Waals surface area contributed by atoms with Crippen molar-refractivity contribution in [2.45, 2.75) is 167 Å². The highest BCUT2D eigenvalue weighted by atomic mass is 19.1. The first-order valence-electron chi connectivity index (χ1n) is 15.9. The highest BCUT2D eigenvalue weighted by Gasteiger charge is 2.37. The molecule has 35 heavy (non-hydrogen) atoms. The summed E-state index contributed by atoms with van der Waals surface area (Å²) >= 11 is 0. The molecule has 3 atom stereocenters. The smallest absolute Gasteiger partial charge is 0.309 e. The third-order valence-electron chi connectivity index (χ3n) is 9.93. The Hall–Kier alpha value is -0.600. The minimum absolute atomic E-state index is 0.0183. The Morgan fingerprint density at radius 1 is 0.657 bits per heavy atom. The summed E-state index contributed by atoms with van der Waals surface area (Å²) in [6.07, 6.45) is 25.6. The summed E-state index contributed by atoms with van der Waals surface area (Å²) in [5.74, 6) is 3.07. The van der Waals surface area contributed by atoms with E-state index < -0.39 is 12.3 Å². The van der Waals surface area contributed by atoms with Crippen LogP contribution in [0.15, 0.2) is 0 Å². The summed E-state index contributed by atoms with van der Waals surface area (Å²) in [5.41, 5.74) is 0. The van der Waals surface area contributed by atoms with Gasteiger partial charge in [-0.2, -0.15) is 0 Å². The molecule has 3 rings (SSSR count). The van der Waals surface area contributed by atoms with Gasteiger partial charge in [0.15, 0.2) is 0 Å². The first-order valence-corrected chi connectivity index (χ1v) is 15.9. The summed E-state index contributed by atoms with van der Waals surface area (Å²) in [4.78, 5) is 12.8. The number of halogens is 1. The lowest BCUT2D eigenvalue weighted by Gasteiger charge is -2.38. The Morgan fingerprint density at radius 2 is 1.17 bits per heavy atom. The van der Waals surface area contributed by atoms with Crippen molar-refractivity contribution in [3.63, 3.8) is 0 Å². The van der Waals surface area contributed by atoms with Gasteiger partial charge in [0.1, 0.15) is 12.3 Å². The zero-order valence-corrected chi connectivity index (χ0v) is 23.3. The SMILES string of the molecule is CCCCCCCCC1CCC(C2CCC(C(=O)OC3CCC(CCCCC)CC3F)CC2)CC1. The maximum absolute atomic E-state index is 14.7. The van der Waals surface area contributed by atoms with Crippen LogP contribution in [0.2, 0.25) is 0 Å². The molecular weight excluding hydrogens is 435 g/mol. The van der Waals surface area contributed by atoms with Crippen LogP contribution in [0.4, 0.5) is 4.39 Å². The number of hydrogen-bond donors (Lipinski definition) is 0. The number of unbranched alkanes of at least 4 members (excludes halogenated alkanes) is 7. The first kappa shape index (κ1) is 29.0. The van der Waals surface area contributed by atoms with E-state index in [0.29, 0.717) is 12.3 Å². The van der Waals surface area contributed by atoms with Crippen molar-refractivity contribution in [2.24, 2.45) is 29.6 Å². The van der Waals surface area contributed by atoms with Gasteiger partial charge in [-0.25, -0.2) is 4.39 Å². The van der Waals surface area contributed by atoms with Gasteiger partial charge in [0.05, 0.1) is 5.92 Å². The van der Waals surface area contributed by atoms with Crippen molar-refractivity contribution in [1.29, 1.82) is 0 Å². The molecule has 0 aliphatic heterocycles. The number of rotatable bonds is 14. The fourth-order valence-corrected chi connectivity index (χ4v) is 7.48. The molecule has 0 saturated heterocycles. The topological polar surface area (TPSA) is 26.3 Å². The van der Waals surface area contributed by atoms with Crippen molar-refractivity contribution in [3.05, 3.63) is 0 Å². The molecule has 3 aliphatic carbocycles. The van der Waals surface area contributed by atoms with E-state index >= 15 is 0 Å². The maximum Gasteiger partial charge on any atom is 0.309 e. The normalized spacial score (nSPS) is 34.0. The van der Waals surface area contributed by atoms with E-state index in [0.717, 1.165) is 49.9 Å². The summed E-state index contributed by atoms with van der Waals surface area (Å²) in [5, 5.41) is 0. The summed E-state index contributed by atoms with van der Waals surface area (Å²) in [6.45, 7) is 4.50. The second-order valence-corrected chi connectivity index (χ2v) is 12.6. The van der Waals surface area contributed by atoms with Gasteiger partial charge in [0, 0.05) is 0 Å². The van der Waals surface area contributed by atoms with E-state index in [1.54, 1.807) is 0 Å². The quantitative estimate of drug-likeness (QED) is 0.178. The van der Waals surface area contributed by atoms with Crippen LogP contribution >= 0.6 is 0 Å². The Kier molecular flexibility index (Phi) is 13.5. The largest absolute Gasteiger partial charge is 0.459 e. The van der Waals surface area contributed by atoms with E-state index in [4.69, 9.17) is 4.74 Å². The lowest BCUT2D eigenvalue weighted by Crippen LogP contribution is -2.37. The minimum atomic E-state index is -0.956. The molecule has 0 spiro atoms. The van der Waals surface area contributed by atoms with Gasteiger partial charge in [-0.3, -0.25) is 4.79 Å². The van der Waals surface area contributed by atoms with Crippen LogP contribution in [0.5, 0.6) is 0 Å². The predicted octanol–water partition coefficient (Wildman–Crippen LogP) is 9.98. The molecule has 0 N–H and O–H groups in total.